The van der Waals surface area contributed by atoms with Gasteiger partial charge in [-0.05, 0) is 30.4 Å². The number of fused-ring (bicyclic) bond motifs is 1. The Morgan fingerprint density at radius 2 is 1.95 bits per heavy atom. The summed E-state index contributed by atoms with van der Waals surface area (Å²) < 4.78 is 23.4. The molecule has 0 radical (unpaired) electrons. The average Bonchev–Trinajstić information content (AvgIpc) is 2.66. The lowest BCUT2D eigenvalue weighted by atomic mass is 10.1. The fourth-order valence-electron chi connectivity index (χ4n) is 3.27. The molecule has 4 nitrogen and oxygen atoms in total. The molecule has 3 atom stereocenters. The highest BCUT2D eigenvalue weighted by atomic mass is 32.2. The number of hydrogen-bond acceptors (Lipinski definition) is 4. The molecule has 1 aromatic carbocycles. The summed E-state index contributed by atoms with van der Waals surface area (Å²) >= 11 is 0. The molecule has 1 aliphatic carbocycles. The SMILES string of the molecule is NC1CC(NC2CCCS(=O)(=O)C2)c2ccccc21. The first-order valence-corrected chi connectivity index (χ1v) is 8.68. The van der Waals surface area contributed by atoms with Crippen molar-refractivity contribution in [1.29, 1.82) is 0 Å². The summed E-state index contributed by atoms with van der Waals surface area (Å²) in [6.07, 6.45) is 2.56. The minimum atomic E-state index is -2.86. The molecule has 104 valence electrons. The number of nitrogens with one attached hydrogen (secondary N) is 1. The van der Waals surface area contributed by atoms with Gasteiger partial charge in [0.05, 0.1) is 11.5 Å². The zero-order chi connectivity index (χ0) is 13.5. The third kappa shape index (κ3) is 2.68. The van der Waals surface area contributed by atoms with Gasteiger partial charge in [0.15, 0.2) is 9.84 Å². The van der Waals surface area contributed by atoms with Crippen LogP contribution in [0.15, 0.2) is 24.3 Å². The predicted octanol–water partition coefficient (Wildman–Crippen LogP) is 1.30. The van der Waals surface area contributed by atoms with Gasteiger partial charge in [0, 0.05) is 18.1 Å². The van der Waals surface area contributed by atoms with Crippen molar-refractivity contribution in [2.24, 2.45) is 5.73 Å². The maximum atomic E-state index is 11.7. The molecule has 0 amide bonds. The van der Waals surface area contributed by atoms with E-state index < -0.39 is 9.84 Å². The van der Waals surface area contributed by atoms with Crippen molar-refractivity contribution in [2.45, 2.75) is 37.4 Å². The Morgan fingerprint density at radius 1 is 1.21 bits per heavy atom. The summed E-state index contributed by atoms with van der Waals surface area (Å²) in [6.45, 7) is 0. The van der Waals surface area contributed by atoms with Crippen molar-refractivity contribution in [1.82, 2.24) is 5.32 Å². The molecule has 0 saturated carbocycles. The molecule has 5 heteroatoms. The zero-order valence-corrected chi connectivity index (χ0v) is 11.7. The maximum Gasteiger partial charge on any atom is 0.151 e. The van der Waals surface area contributed by atoms with Crippen LogP contribution in [0, 0.1) is 0 Å². The molecule has 0 aromatic heterocycles. The monoisotopic (exact) mass is 280 g/mol. The molecule has 1 aliphatic heterocycles. The topological polar surface area (TPSA) is 72.2 Å². The lowest BCUT2D eigenvalue weighted by Gasteiger charge is -2.27. The molecule has 1 heterocycles. The minimum absolute atomic E-state index is 0.0638. The van der Waals surface area contributed by atoms with Gasteiger partial charge in [-0.3, -0.25) is 0 Å². The molecular weight excluding hydrogens is 260 g/mol. The van der Waals surface area contributed by atoms with Crippen molar-refractivity contribution in [3.05, 3.63) is 35.4 Å². The third-order valence-electron chi connectivity index (χ3n) is 4.16. The van der Waals surface area contributed by atoms with Crippen LogP contribution in [0.1, 0.15) is 42.5 Å². The summed E-state index contributed by atoms with van der Waals surface area (Å²) in [5.41, 5.74) is 8.56. The maximum absolute atomic E-state index is 11.7. The fourth-order valence-corrected chi connectivity index (χ4v) is 4.92. The van der Waals surface area contributed by atoms with Crippen LogP contribution in [0.2, 0.25) is 0 Å². The number of benzene rings is 1. The second-order valence-corrected chi connectivity index (χ2v) is 7.87. The number of rotatable bonds is 2. The van der Waals surface area contributed by atoms with Crippen LogP contribution < -0.4 is 11.1 Å². The van der Waals surface area contributed by atoms with Crippen LogP contribution >= 0.6 is 0 Å². The number of sulfone groups is 1. The van der Waals surface area contributed by atoms with E-state index >= 15 is 0 Å². The Morgan fingerprint density at radius 3 is 2.68 bits per heavy atom. The average molecular weight is 280 g/mol. The van der Waals surface area contributed by atoms with Gasteiger partial charge in [-0.1, -0.05) is 24.3 Å². The Labute approximate surface area is 114 Å². The van der Waals surface area contributed by atoms with E-state index in [0.717, 1.165) is 19.3 Å². The second kappa shape index (κ2) is 4.89. The highest BCUT2D eigenvalue weighted by Crippen LogP contribution is 2.37. The molecule has 3 rings (SSSR count). The normalized spacial score (nSPS) is 33.0. The summed E-state index contributed by atoms with van der Waals surface area (Å²) in [7, 11) is -2.86. The van der Waals surface area contributed by atoms with E-state index in [0.29, 0.717) is 5.75 Å². The summed E-state index contributed by atoms with van der Waals surface area (Å²) in [5.74, 6) is 0.604. The zero-order valence-electron chi connectivity index (χ0n) is 10.9. The van der Waals surface area contributed by atoms with E-state index in [1.807, 2.05) is 12.1 Å². The van der Waals surface area contributed by atoms with Gasteiger partial charge < -0.3 is 11.1 Å². The Balaban J connectivity index is 1.75. The van der Waals surface area contributed by atoms with E-state index in [1.54, 1.807) is 0 Å². The van der Waals surface area contributed by atoms with E-state index in [2.05, 4.69) is 17.4 Å². The molecule has 19 heavy (non-hydrogen) atoms. The molecular formula is C14H20N2O2S. The van der Waals surface area contributed by atoms with Crippen LogP contribution in [0.5, 0.6) is 0 Å². The Kier molecular flexibility index (Phi) is 3.37. The second-order valence-electron chi connectivity index (χ2n) is 5.64. The van der Waals surface area contributed by atoms with Gasteiger partial charge in [-0.25, -0.2) is 8.42 Å². The van der Waals surface area contributed by atoms with Gasteiger partial charge in [0.25, 0.3) is 0 Å². The van der Waals surface area contributed by atoms with Crippen molar-refractivity contribution in [3.8, 4) is 0 Å². The van der Waals surface area contributed by atoms with Crippen molar-refractivity contribution < 1.29 is 8.42 Å². The first-order valence-electron chi connectivity index (χ1n) is 6.86. The van der Waals surface area contributed by atoms with Crippen molar-refractivity contribution in [3.63, 3.8) is 0 Å². The summed E-state index contributed by atoms with van der Waals surface area (Å²) in [5, 5.41) is 3.50. The fraction of sp³-hybridized carbons (Fsp3) is 0.571. The van der Waals surface area contributed by atoms with Crippen LogP contribution in [-0.2, 0) is 9.84 Å². The van der Waals surface area contributed by atoms with E-state index in [-0.39, 0.29) is 23.9 Å². The van der Waals surface area contributed by atoms with Crippen LogP contribution in [0.4, 0.5) is 0 Å². The molecule has 1 fully saturated rings. The number of nitrogens with two attached hydrogens (primary N) is 1. The largest absolute Gasteiger partial charge is 0.324 e. The molecule has 3 unspecified atom stereocenters. The van der Waals surface area contributed by atoms with Gasteiger partial charge in [-0.15, -0.1) is 0 Å². The Hall–Kier alpha value is -0.910. The van der Waals surface area contributed by atoms with Gasteiger partial charge in [-0.2, -0.15) is 0 Å². The third-order valence-corrected chi connectivity index (χ3v) is 5.98. The summed E-state index contributed by atoms with van der Waals surface area (Å²) in [6, 6.07) is 8.52. The first-order chi connectivity index (χ1) is 9.05. The molecule has 0 spiro atoms. The molecule has 1 aromatic rings. The molecule has 2 aliphatic rings. The lowest BCUT2D eigenvalue weighted by molar-refractivity contribution is 0.408. The van der Waals surface area contributed by atoms with Crippen molar-refractivity contribution in [2.75, 3.05) is 11.5 Å². The van der Waals surface area contributed by atoms with E-state index in [4.69, 9.17) is 5.73 Å². The summed E-state index contributed by atoms with van der Waals surface area (Å²) in [4.78, 5) is 0. The molecule has 0 bridgehead atoms. The Bertz CT molecular complexity index is 571. The van der Waals surface area contributed by atoms with Gasteiger partial charge in [0.1, 0.15) is 0 Å². The predicted molar refractivity (Wildman–Crippen MR) is 75.5 cm³/mol. The molecule has 3 N–H and O–H groups in total. The standard InChI is InChI=1S/C14H20N2O2S/c15-13-8-14(12-6-2-1-5-11(12)13)16-10-4-3-7-19(17,18)9-10/h1-2,5-6,10,13-14,16H,3-4,7-9,15H2. The minimum Gasteiger partial charge on any atom is -0.324 e. The smallest absolute Gasteiger partial charge is 0.151 e. The van der Waals surface area contributed by atoms with E-state index in [9.17, 15) is 8.42 Å². The lowest BCUT2D eigenvalue weighted by Crippen LogP contribution is -2.41. The van der Waals surface area contributed by atoms with Gasteiger partial charge in [0.2, 0.25) is 0 Å². The molecule has 1 saturated heterocycles. The van der Waals surface area contributed by atoms with Crippen LogP contribution in [0.25, 0.3) is 0 Å². The highest BCUT2D eigenvalue weighted by Gasteiger charge is 2.32. The van der Waals surface area contributed by atoms with Crippen LogP contribution in [-0.4, -0.2) is 26.0 Å². The highest BCUT2D eigenvalue weighted by molar-refractivity contribution is 7.91. The quantitative estimate of drug-likeness (QED) is 0.856. The van der Waals surface area contributed by atoms with Gasteiger partial charge >= 0.3 is 0 Å². The first kappa shape index (κ1) is 13.1. The van der Waals surface area contributed by atoms with Crippen LogP contribution in [0.3, 0.4) is 0 Å². The number of hydrogen-bond donors (Lipinski definition) is 2. The van der Waals surface area contributed by atoms with E-state index in [1.165, 1.54) is 11.1 Å². The van der Waals surface area contributed by atoms with Crippen molar-refractivity contribution >= 4 is 9.84 Å².